The molecule has 28 heavy (non-hydrogen) atoms. The number of carbonyl (C=O) groups excluding carboxylic acids is 1. The number of sulfonamides is 1. The Morgan fingerprint density at radius 3 is 2.57 bits per heavy atom. The highest BCUT2D eigenvalue weighted by Gasteiger charge is 2.29. The fraction of sp³-hybridized carbons (Fsp3) is 0.350. The number of anilines is 1. The molecule has 1 fully saturated rings. The highest BCUT2D eigenvalue weighted by atomic mass is 32.2. The fourth-order valence-corrected chi connectivity index (χ4v) is 4.49. The Balaban J connectivity index is 1.75. The summed E-state index contributed by atoms with van der Waals surface area (Å²) in [4.78, 5) is 14.2. The zero-order valence-corrected chi connectivity index (χ0v) is 16.7. The third-order valence-corrected chi connectivity index (χ3v) is 6.15. The molecule has 1 atom stereocenters. The first-order valence-electron chi connectivity index (χ1n) is 9.19. The molecule has 1 aliphatic heterocycles. The van der Waals surface area contributed by atoms with Crippen LogP contribution in [0.15, 0.2) is 53.4 Å². The molecule has 3 rings (SSSR count). The molecule has 2 aromatic rings. The van der Waals surface area contributed by atoms with Gasteiger partial charge >= 0.3 is 0 Å². The number of hydrogen-bond donors (Lipinski definition) is 2. The first-order valence-corrected chi connectivity index (χ1v) is 10.7. The number of para-hydroxylation sites is 1. The van der Waals surface area contributed by atoms with Gasteiger partial charge in [-0.05, 0) is 50.6 Å². The van der Waals surface area contributed by atoms with E-state index in [1.54, 1.807) is 18.7 Å². The maximum atomic E-state index is 14.3. The first-order chi connectivity index (χ1) is 13.3. The Kier molecular flexibility index (Phi) is 6.00. The van der Waals surface area contributed by atoms with Gasteiger partial charge in [-0.2, -0.15) is 0 Å². The zero-order chi connectivity index (χ0) is 20.3. The molecule has 150 valence electrons. The van der Waals surface area contributed by atoms with Crippen molar-refractivity contribution in [1.82, 2.24) is 9.62 Å². The molecule has 1 unspecified atom stereocenters. The van der Waals surface area contributed by atoms with Crippen molar-refractivity contribution in [3.05, 3.63) is 59.9 Å². The predicted octanol–water partition coefficient (Wildman–Crippen LogP) is 2.84. The second kappa shape index (κ2) is 8.28. The van der Waals surface area contributed by atoms with E-state index in [4.69, 9.17) is 0 Å². The van der Waals surface area contributed by atoms with Gasteiger partial charge in [-0.25, -0.2) is 17.5 Å². The van der Waals surface area contributed by atoms with Gasteiger partial charge in [0.25, 0.3) is 5.91 Å². The standard InChI is InChI=1S/C20H24FN3O3S/c1-14(2)23-28(26,27)17-8-9-19(21)18(12-17)20(25)24-11-10-16(13-24)22-15-6-4-3-5-7-15/h3-9,12,14,16,22-23H,10-11,13H2,1-2H3. The van der Waals surface area contributed by atoms with Gasteiger partial charge in [-0.1, -0.05) is 18.2 Å². The summed E-state index contributed by atoms with van der Waals surface area (Å²) in [5.41, 5.74) is 0.729. The smallest absolute Gasteiger partial charge is 0.256 e. The number of rotatable bonds is 6. The topological polar surface area (TPSA) is 78.5 Å². The van der Waals surface area contributed by atoms with Crippen molar-refractivity contribution in [1.29, 1.82) is 0 Å². The molecule has 0 aliphatic carbocycles. The molecule has 0 saturated carbocycles. The molecular formula is C20H24FN3O3S. The van der Waals surface area contributed by atoms with E-state index in [0.717, 1.165) is 24.2 Å². The van der Waals surface area contributed by atoms with Crippen molar-refractivity contribution in [2.45, 2.75) is 37.2 Å². The van der Waals surface area contributed by atoms with E-state index in [0.29, 0.717) is 13.1 Å². The Bertz CT molecular complexity index is 948. The zero-order valence-electron chi connectivity index (χ0n) is 15.9. The van der Waals surface area contributed by atoms with Gasteiger partial charge in [0.1, 0.15) is 5.82 Å². The summed E-state index contributed by atoms with van der Waals surface area (Å²) < 4.78 is 41.4. The average Bonchev–Trinajstić information content (AvgIpc) is 3.09. The minimum atomic E-state index is -3.81. The Morgan fingerprint density at radius 1 is 1.18 bits per heavy atom. The normalized spacial score (nSPS) is 17.1. The van der Waals surface area contributed by atoms with Crippen LogP contribution in [-0.2, 0) is 10.0 Å². The summed E-state index contributed by atoms with van der Waals surface area (Å²) in [5, 5.41) is 3.36. The maximum absolute atomic E-state index is 14.3. The maximum Gasteiger partial charge on any atom is 0.256 e. The van der Waals surface area contributed by atoms with Gasteiger partial charge in [0, 0.05) is 30.9 Å². The van der Waals surface area contributed by atoms with Crippen LogP contribution in [0.3, 0.4) is 0 Å². The fourth-order valence-electron chi connectivity index (χ4n) is 3.22. The number of halogens is 1. The lowest BCUT2D eigenvalue weighted by Gasteiger charge is -2.19. The molecule has 1 heterocycles. The lowest BCUT2D eigenvalue weighted by atomic mass is 10.2. The van der Waals surface area contributed by atoms with Crippen molar-refractivity contribution < 1.29 is 17.6 Å². The number of carbonyl (C=O) groups is 1. The van der Waals surface area contributed by atoms with Gasteiger partial charge in [0.2, 0.25) is 10.0 Å². The van der Waals surface area contributed by atoms with Gasteiger partial charge in [-0.15, -0.1) is 0 Å². The Hall–Kier alpha value is -2.45. The van der Waals surface area contributed by atoms with Crippen molar-refractivity contribution >= 4 is 21.6 Å². The van der Waals surface area contributed by atoms with Crippen LogP contribution < -0.4 is 10.0 Å². The highest BCUT2D eigenvalue weighted by molar-refractivity contribution is 7.89. The van der Waals surface area contributed by atoms with Crippen LogP contribution in [0.1, 0.15) is 30.6 Å². The quantitative estimate of drug-likeness (QED) is 0.775. The van der Waals surface area contributed by atoms with Gasteiger partial charge in [0.05, 0.1) is 10.5 Å². The molecular weight excluding hydrogens is 381 g/mol. The van der Waals surface area contributed by atoms with Crippen LogP contribution in [0.2, 0.25) is 0 Å². The monoisotopic (exact) mass is 405 g/mol. The molecule has 6 nitrogen and oxygen atoms in total. The average molecular weight is 405 g/mol. The summed E-state index contributed by atoms with van der Waals surface area (Å²) in [6.45, 7) is 4.28. The Morgan fingerprint density at radius 2 is 1.89 bits per heavy atom. The summed E-state index contributed by atoms with van der Waals surface area (Å²) >= 11 is 0. The predicted molar refractivity (Wildman–Crippen MR) is 106 cm³/mol. The highest BCUT2D eigenvalue weighted by Crippen LogP contribution is 2.21. The van der Waals surface area contributed by atoms with Gasteiger partial charge < -0.3 is 10.2 Å². The molecule has 0 aromatic heterocycles. The van der Waals surface area contributed by atoms with Crippen LogP contribution in [0.4, 0.5) is 10.1 Å². The SMILES string of the molecule is CC(C)NS(=O)(=O)c1ccc(F)c(C(=O)N2CCC(Nc3ccccc3)C2)c1. The van der Waals surface area contributed by atoms with E-state index in [9.17, 15) is 17.6 Å². The largest absolute Gasteiger partial charge is 0.380 e. The van der Waals surface area contributed by atoms with E-state index in [1.807, 2.05) is 30.3 Å². The molecule has 0 radical (unpaired) electrons. The molecule has 2 N–H and O–H groups in total. The summed E-state index contributed by atoms with van der Waals surface area (Å²) in [6, 6.07) is 12.7. The molecule has 1 amide bonds. The molecule has 1 aliphatic rings. The lowest BCUT2D eigenvalue weighted by molar-refractivity contribution is 0.0786. The minimum absolute atomic E-state index is 0.0592. The number of benzene rings is 2. The minimum Gasteiger partial charge on any atom is -0.380 e. The third-order valence-electron chi connectivity index (χ3n) is 4.49. The van der Waals surface area contributed by atoms with E-state index < -0.39 is 21.7 Å². The van der Waals surface area contributed by atoms with Crippen molar-refractivity contribution in [3.63, 3.8) is 0 Å². The third kappa shape index (κ3) is 4.69. The van der Waals surface area contributed by atoms with E-state index in [1.165, 1.54) is 6.07 Å². The van der Waals surface area contributed by atoms with Crippen LogP contribution in [0.5, 0.6) is 0 Å². The second-order valence-electron chi connectivity index (χ2n) is 7.16. The van der Waals surface area contributed by atoms with Crippen LogP contribution in [0, 0.1) is 5.82 Å². The van der Waals surface area contributed by atoms with E-state index >= 15 is 0 Å². The molecule has 1 saturated heterocycles. The number of likely N-dealkylation sites (tertiary alicyclic amines) is 1. The van der Waals surface area contributed by atoms with Gasteiger partial charge in [0.15, 0.2) is 0 Å². The lowest BCUT2D eigenvalue weighted by Crippen LogP contribution is -2.33. The van der Waals surface area contributed by atoms with Crippen LogP contribution in [0.25, 0.3) is 0 Å². The summed E-state index contributed by atoms with van der Waals surface area (Å²) in [6.07, 6.45) is 0.731. The van der Waals surface area contributed by atoms with E-state index in [-0.39, 0.29) is 22.5 Å². The molecule has 8 heteroatoms. The number of nitrogens with one attached hydrogen (secondary N) is 2. The van der Waals surface area contributed by atoms with Crippen molar-refractivity contribution in [2.75, 3.05) is 18.4 Å². The van der Waals surface area contributed by atoms with Crippen LogP contribution >= 0.6 is 0 Å². The molecule has 2 aromatic carbocycles. The van der Waals surface area contributed by atoms with Crippen LogP contribution in [-0.4, -0.2) is 44.4 Å². The second-order valence-corrected chi connectivity index (χ2v) is 8.88. The van der Waals surface area contributed by atoms with Crippen molar-refractivity contribution in [3.8, 4) is 0 Å². The Labute approximate surface area is 164 Å². The van der Waals surface area contributed by atoms with E-state index in [2.05, 4.69) is 10.0 Å². The number of hydrogen-bond acceptors (Lipinski definition) is 4. The van der Waals surface area contributed by atoms with Gasteiger partial charge in [-0.3, -0.25) is 4.79 Å². The molecule has 0 spiro atoms. The number of amides is 1. The van der Waals surface area contributed by atoms with Crippen molar-refractivity contribution in [2.24, 2.45) is 0 Å². The summed E-state index contributed by atoms with van der Waals surface area (Å²) in [7, 11) is -3.81. The number of nitrogens with zero attached hydrogens (tertiary/aromatic N) is 1. The molecule has 0 bridgehead atoms. The first kappa shape index (κ1) is 20.3. The summed E-state index contributed by atoms with van der Waals surface area (Å²) in [5.74, 6) is -1.23.